The van der Waals surface area contributed by atoms with E-state index in [1.54, 1.807) is 26.5 Å². The van der Waals surface area contributed by atoms with E-state index in [0.29, 0.717) is 30.2 Å². The fraction of sp³-hybridized carbons (Fsp3) is 0.218. The number of nitriles is 1. The number of aromatic nitrogens is 8. The zero-order chi connectivity index (χ0) is 80.5. The van der Waals surface area contributed by atoms with E-state index in [9.17, 15) is 15.5 Å². The van der Waals surface area contributed by atoms with Gasteiger partial charge < -0.3 is 34.5 Å². The van der Waals surface area contributed by atoms with E-state index < -0.39 is 0 Å². The Labute approximate surface area is 709 Å². The van der Waals surface area contributed by atoms with Gasteiger partial charge in [0.15, 0.2) is 0 Å². The van der Waals surface area contributed by atoms with Crippen molar-refractivity contribution in [3.8, 4) is 96.2 Å². The molecule has 0 saturated carbocycles. The van der Waals surface area contributed by atoms with Gasteiger partial charge in [0.25, 0.3) is 0 Å². The average molecular weight is 1890 g/mol. The van der Waals surface area contributed by atoms with Crippen molar-refractivity contribution in [1.82, 2.24) is 39.0 Å². The Morgan fingerprint density at radius 3 is 1.25 bits per heavy atom. The van der Waals surface area contributed by atoms with Gasteiger partial charge in [0.05, 0.1) is 86.6 Å². The Morgan fingerprint density at radius 2 is 0.810 bits per heavy atom. The van der Waals surface area contributed by atoms with Crippen LogP contribution in [0, 0.1) is 76.8 Å². The molecule has 4 atom stereocenters. The van der Waals surface area contributed by atoms with Crippen molar-refractivity contribution in [2.45, 2.75) is 133 Å². The fourth-order valence-corrected chi connectivity index (χ4v) is 15.1. The molecule has 4 unspecified atom stereocenters. The second kappa shape index (κ2) is 40.9. The van der Waals surface area contributed by atoms with Gasteiger partial charge in [-0.25, -0.2) is 15.0 Å². The zero-order valence-corrected chi connectivity index (χ0v) is 72.5. The molecule has 0 spiro atoms. The van der Waals surface area contributed by atoms with Gasteiger partial charge in [-0.15, -0.1) is 70.8 Å². The summed E-state index contributed by atoms with van der Waals surface area (Å²) in [4.78, 5) is 28.1. The predicted octanol–water partition coefficient (Wildman–Crippen LogP) is 22.9. The molecule has 592 valence electrons. The molecule has 15 heteroatoms. The third-order valence-electron chi connectivity index (χ3n) is 19.7. The molecule has 5 heterocycles. The van der Waals surface area contributed by atoms with Gasteiger partial charge in [-0.2, -0.15) is 5.26 Å². The molecule has 13 nitrogen and oxygen atoms in total. The molecule has 0 fully saturated rings. The van der Waals surface area contributed by atoms with Crippen molar-refractivity contribution in [2.75, 3.05) is 0 Å². The Kier molecular flexibility index (Phi) is 30.8. The SMILES string of the molecule is CC(C)CC(O)CC(O)CC(C)C.CC(O)CC(C)O.Cc1[c-]c(-c2ncc(-c3c(C)cc(C#N)cc3C)nc2-c2cc(C)cc(C)c2)cc(C)c1.[Ir].[Ir].[c-]1ccccc1-c1cc(-c2ccccc2)ncn1.c1cc(-c2cc(-c3cccc(-n4c5ccccc5c5ccccc54)c3)ncn2)cc(-n2c3ccccc3c3ccccc32)c1. The summed E-state index contributed by atoms with van der Waals surface area (Å²) in [6.07, 6.45) is 6.25. The molecule has 2 radical (unpaired) electrons. The first-order valence-corrected chi connectivity index (χ1v) is 39.1. The van der Waals surface area contributed by atoms with Crippen LogP contribution in [0.2, 0.25) is 0 Å². The van der Waals surface area contributed by atoms with E-state index in [-0.39, 0.29) is 64.6 Å². The molecule has 0 bridgehead atoms. The van der Waals surface area contributed by atoms with E-state index in [1.165, 1.54) is 60.3 Å². The second-order valence-electron chi connectivity index (χ2n) is 30.5. The molecular weight excluding hydrogens is 1790 g/mol. The van der Waals surface area contributed by atoms with Gasteiger partial charge in [0.2, 0.25) is 0 Å². The first kappa shape index (κ1) is 87.3. The number of hydrogen-bond acceptors (Lipinski definition) is 11. The molecule has 0 aliphatic rings. The summed E-state index contributed by atoms with van der Waals surface area (Å²) in [5.41, 5.74) is 27.6. The summed E-state index contributed by atoms with van der Waals surface area (Å²) in [5, 5.41) is 50.5. The fourth-order valence-electron chi connectivity index (χ4n) is 15.1. The number of para-hydroxylation sites is 4. The molecule has 16 rings (SSSR count). The van der Waals surface area contributed by atoms with Crippen molar-refractivity contribution in [3.63, 3.8) is 0 Å². The van der Waals surface area contributed by atoms with Crippen LogP contribution in [0.3, 0.4) is 0 Å². The Bertz CT molecular complexity index is 5590. The first-order valence-electron chi connectivity index (χ1n) is 39.1. The minimum Gasteiger partial charge on any atom is -0.393 e. The van der Waals surface area contributed by atoms with Crippen LogP contribution >= 0.6 is 0 Å². The smallest absolute Gasteiger partial charge is 0.116 e. The molecule has 0 saturated heterocycles. The number of aryl methyl sites for hydroxylation is 6. The predicted molar refractivity (Wildman–Crippen MR) is 467 cm³/mol. The maximum Gasteiger partial charge on any atom is 0.116 e. The molecule has 5 aromatic heterocycles. The van der Waals surface area contributed by atoms with Crippen LogP contribution in [0.5, 0.6) is 0 Å². The first-order chi connectivity index (χ1) is 55.0. The number of nitrogens with zero attached hydrogens (tertiary/aromatic N) is 9. The van der Waals surface area contributed by atoms with Crippen LogP contribution in [0.15, 0.2) is 274 Å². The summed E-state index contributed by atoms with van der Waals surface area (Å²) in [6.45, 7) is 24.0. The van der Waals surface area contributed by atoms with Crippen LogP contribution < -0.4 is 0 Å². The van der Waals surface area contributed by atoms with E-state index in [1.807, 2.05) is 92.8 Å². The van der Waals surface area contributed by atoms with Crippen LogP contribution in [0.1, 0.15) is 106 Å². The quantitative estimate of drug-likeness (QED) is 0.0634. The maximum absolute atomic E-state index is 9.54. The maximum atomic E-state index is 9.54. The minimum absolute atomic E-state index is 0. The Morgan fingerprint density at radius 1 is 0.379 bits per heavy atom. The molecular formula is C101H99Ir2N9O4-2. The molecule has 0 aliphatic carbocycles. The van der Waals surface area contributed by atoms with E-state index in [2.05, 4.69) is 275 Å². The second-order valence-corrected chi connectivity index (χ2v) is 30.5. The van der Waals surface area contributed by atoms with Crippen molar-refractivity contribution in [1.29, 1.82) is 5.26 Å². The summed E-state index contributed by atoms with van der Waals surface area (Å²) in [5.74, 6) is 1.00. The largest absolute Gasteiger partial charge is 0.393 e. The zero-order valence-electron chi connectivity index (χ0n) is 67.8. The minimum atomic E-state index is -0.375. The number of hydrogen-bond donors (Lipinski definition) is 4. The topological polar surface area (TPSA) is 192 Å². The normalized spacial score (nSPS) is 12.0. The van der Waals surface area contributed by atoms with Gasteiger partial charge in [-0.3, -0.25) is 9.97 Å². The number of rotatable bonds is 17. The van der Waals surface area contributed by atoms with Crippen molar-refractivity contribution in [3.05, 3.63) is 325 Å². The van der Waals surface area contributed by atoms with Gasteiger partial charge in [0, 0.05) is 102 Å². The summed E-state index contributed by atoms with van der Waals surface area (Å²) >= 11 is 0. The Hall–Kier alpha value is -11.1. The average Bonchev–Trinajstić information content (AvgIpc) is 1.59. The molecule has 0 aliphatic heterocycles. The van der Waals surface area contributed by atoms with Crippen molar-refractivity contribution < 1.29 is 60.6 Å². The van der Waals surface area contributed by atoms with Gasteiger partial charge in [-0.1, -0.05) is 204 Å². The van der Waals surface area contributed by atoms with Crippen molar-refractivity contribution in [2.24, 2.45) is 11.8 Å². The molecule has 0 amide bonds. The number of aliphatic hydroxyl groups is 4. The van der Waals surface area contributed by atoms with Crippen LogP contribution in [0.4, 0.5) is 0 Å². The third-order valence-corrected chi connectivity index (χ3v) is 19.7. The number of fused-ring (bicyclic) bond motifs is 6. The molecule has 4 N–H and O–H groups in total. The van der Waals surface area contributed by atoms with Crippen LogP contribution in [-0.2, 0) is 40.2 Å². The van der Waals surface area contributed by atoms with Crippen molar-refractivity contribution >= 4 is 43.6 Å². The van der Waals surface area contributed by atoms with E-state index in [0.717, 1.165) is 120 Å². The van der Waals surface area contributed by atoms with E-state index in [4.69, 9.17) is 30.1 Å². The summed E-state index contributed by atoms with van der Waals surface area (Å²) < 4.78 is 4.68. The monoisotopic (exact) mass is 1890 g/mol. The molecule has 16 aromatic rings. The number of benzene rings is 11. The van der Waals surface area contributed by atoms with Gasteiger partial charge in [0.1, 0.15) is 12.7 Å². The molecule has 116 heavy (non-hydrogen) atoms. The number of aliphatic hydroxyl groups excluding tert-OH is 4. The van der Waals surface area contributed by atoms with E-state index >= 15 is 0 Å². The van der Waals surface area contributed by atoms with Crippen LogP contribution in [0.25, 0.3) is 134 Å². The van der Waals surface area contributed by atoms with Gasteiger partial charge >= 0.3 is 0 Å². The summed E-state index contributed by atoms with van der Waals surface area (Å²) in [7, 11) is 0. The standard InChI is InChI=1S/C40H26N4.C29H26N3.C16H11N2.C11H24O2.C5H12O2.2Ir/c1-5-19-37-31(15-1)32-16-2-6-20-38(32)43(37)29-13-9-11-27(23-29)35-25-36(42-26-41-35)28-12-10-14-30(24-28)44-39-21-7-3-17-33(39)34-18-4-8-22-40(34)44;1-17-7-18(2)10-24(9-17)28-29(25-11-19(3)8-20(4)12-25)32-26(16-31-28)27-21(5)13-23(15-30)14-22(27)6;1-3-7-13(8-4-1)15-11-16(18-12-17-15)14-9-5-2-6-10-14;1-8(2)5-10(12)7-11(13)6-9(3)4;1-4(6)3-5(2)7;;/h1-26H;7-9,11-14,16H,1-6H3;1-9,11-12H;8-13H,5-7H2,1-4H3;4-7H,3H2,1-2H3;;/q;2*-1;;;;. The molecule has 11 aromatic carbocycles. The Balaban J connectivity index is 0.000000172. The third kappa shape index (κ3) is 22.1. The van der Waals surface area contributed by atoms with Crippen LogP contribution in [-0.4, -0.2) is 83.9 Å². The van der Waals surface area contributed by atoms with Gasteiger partial charge in [-0.05, 0) is 174 Å². The summed E-state index contributed by atoms with van der Waals surface area (Å²) in [6, 6.07) is 97.0.